The number of halogens is 1. The van der Waals surface area contributed by atoms with Crippen LogP contribution in [0, 0.1) is 0 Å². The van der Waals surface area contributed by atoms with Crippen LogP contribution in [0.4, 0.5) is 0 Å². The standard InChI is InChI=1S/C18H24N4O2.HI/c1-19-18(20-8-11-22-9-2-3-10-22)21-14-15-6-4-7-16-17(15)24-13-5-12-23-16;/h2-4,6-7,9-10H,5,8,11-14H2,1H3,(H2,19,20,21);1H. The van der Waals surface area contributed by atoms with Crippen LogP contribution in [0.3, 0.4) is 0 Å². The number of aliphatic imine (C=N–C) groups is 1. The van der Waals surface area contributed by atoms with Crippen molar-refractivity contribution in [3.8, 4) is 11.5 Å². The Morgan fingerprint density at radius 1 is 1.12 bits per heavy atom. The van der Waals surface area contributed by atoms with Crippen LogP contribution in [0.25, 0.3) is 0 Å². The number of para-hydroxylation sites is 1. The van der Waals surface area contributed by atoms with Crippen molar-refractivity contribution < 1.29 is 9.47 Å². The van der Waals surface area contributed by atoms with Gasteiger partial charge in [0.05, 0.1) is 13.2 Å². The molecule has 1 aromatic carbocycles. The normalized spacial score (nSPS) is 13.6. The Balaban J connectivity index is 0.00000225. The number of hydrogen-bond acceptors (Lipinski definition) is 3. The lowest BCUT2D eigenvalue weighted by molar-refractivity contribution is 0.296. The first-order valence-electron chi connectivity index (χ1n) is 8.29. The second-order valence-corrected chi connectivity index (χ2v) is 5.57. The van der Waals surface area contributed by atoms with Crippen LogP contribution < -0.4 is 20.1 Å². The van der Waals surface area contributed by atoms with E-state index in [1.54, 1.807) is 7.05 Å². The Kier molecular flexibility index (Phi) is 7.90. The quantitative estimate of drug-likeness (QED) is 0.413. The minimum atomic E-state index is 0. The SMILES string of the molecule is CN=C(NCCn1cccc1)NCc1cccc2c1OCCCO2.I. The lowest BCUT2D eigenvalue weighted by atomic mass is 10.2. The summed E-state index contributed by atoms with van der Waals surface area (Å²) in [4.78, 5) is 4.27. The topological polar surface area (TPSA) is 59.8 Å². The van der Waals surface area contributed by atoms with Gasteiger partial charge in [0.15, 0.2) is 17.5 Å². The van der Waals surface area contributed by atoms with E-state index >= 15 is 0 Å². The highest BCUT2D eigenvalue weighted by atomic mass is 127. The first-order chi connectivity index (χ1) is 11.9. The predicted molar refractivity (Wildman–Crippen MR) is 110 cm³/mol. The maximum atomic E-state index is 5.85. The van der Waals surface area contributed by atoms with Crippen molar-refractivity contribution in [1.82, 2.24) is 15.2 Å². The highest BCUT2D eigenvalue weighted by Crippen LogP contribution is 2.33. The molecule has 0 spiro atoms. The number of nitrogens with one attached hydrogen (secondary N) is 2. The summed E-state index contributed by atoms with van der Waals surface area (Å²) in [5.41, 5.74) is 1.07. The highest BCUT2D eigenvalue weighted by molar-refractivity contribution is 14.0. The van der Waals surface area contributed by atoms with E-state index in [2.05, 4.69) is 32.6 Å². The van der Waals surface area contributed by atoms with Crippen LogP contribution >= 0.6 is 24.0 Å². The second kappa shape index (κ2) is 10.2. The molecule has 0 aliphatic carbocycles. The number of ether oxygens (including phenoxy) is 2. The molecule has 2 N–H and O–H groups in total. The van der Waals surface area contributed by atoms with Crippen LogP contribution in [0.5, 0.6) is 11.5 Å². The zero-order valence-electron chi connectivity index (χ0n) is 14.4. The summed E-state index contributed by atoms with van der Waals surface area (Å²) < 4.78 is 13.7. The minimum Gasteiger partial charge on any atom is -0.490 e. The smallest absolute Gasteiger partial charge is 0.191 e. The van der Waals surface area contributed by atoms with Gasteiger partial charge in [-0.2, -0.15) is 0 Å². The fraction of sp³-hybridized carbons (Fsp3) is 0.389. The van der Waals surface area contributed by atoms with E-state index in [9.17, 15) is 0 Å². The van der Waals surface area contributed by atoms with Crippen molar-refractivity contribution in [3.05, 3.63) is 48.3 Å². The molecule has 1 aromatic heterocycles. The number of fused-ring (bicyclic) bond motifs is 1. The molecule has 0 saturated heterocycles. The second-order valence-electron chi connectivity index (χ2n) is 5.57. The van der Waals surface area contributed by atoms with Crippen molar-refractivity contribution in [2.75, 3.05) is 26.8 Å². The molecule has 25 heavy (non-hydrogen) atoms. The van der Waals surface area contributed by atoms with Crippen molar-refractivity contribution in [2.24, 2.45) is 4.99 Å². The molecule has 136 valence electrons. The molecule has 0 fully saturated rings. The largest absolute Gasteiger partial charge is 0.490 e. The lowest BCUT2D eigenvalue weighted by Gasteiger charge is -2.15. The maximum absolute atomic E-state index is 5.85. The Hall–Kier alpha value is -1.90. The average Bonchev–Trinajstić information content (AvgIpc) is 3.00. The van der Waals surface area contributed by atoms with Gasteiger partial charge in [0, 0.05) is 51.1 Å². The summed E-state index contributed by atoms with van der Waals surface area (Å²) in [5.74, 6) is 2.43. The summed E-state index contributed by atoms with van der Waals surface area (Å²) in [6.07, 6.45) is 5.01. The molecular formula is C18H25IN4O2. The molecule has 0 radical (unpaired) electrons. The molecule has 3 rings (SSSR count). The van der Waals surface area contributed by atoms with Crippen LogP contribution in [-0.4, -0.2) is 37.3 Å². The molecule has 0 bridgehead atoms. The van der Waals surface area contributed by atoms with Crippen molar-refractivity contribution in [3.63, 3.8) is 0 Å². The first kappa shape index (κ1) is 19.4. The Labute approximate surface area is 165 Å². The van der Waals surface area contributed by atoms with Crippen LogP contribution in [-0.2, 0) is 13.1 Å². The van der Waals surface area contributed by atoms with E-state index in [-0.39, 0.29) is 24.0 Å². The fourth-order valence-corrected chi connectivity index (χ4v) is 2.62. The Morgan fingerprint density at radius 2 is 1.92 bits per heavy atom. The molecular weight excluding hydrogens is 431 g/mol. The molecule has 2 aromatic rings. The summed E-state index contributed by atoms with van der Waals surface area (Å²) >= 11 is 0. The minimum absolute atomic E-state index is 0. The molecule has 6 nitrogen and oxygen atoms in total. The number of benzene rings is 1. The van der Waals surface area contributed by atoms with Gasteiger partial charge in [-0.1, -0.05) is 12.1 Å². The van der Waals surface area contributed by atoms with Crippen LogP contribution in [0.2, 0.25) is 0 Å². The predicted octanol–water partition coefficient (Wildman–Crippen LogP) is 2.63. The third-order valence-electron chi connectivity index (χ3n) is 3.85. The zero-order chi connectivity index (χ0) is 16.6. The summed E-state index contributed by atoms with van der Waals surface area (Å²) in [5, 5.41) is 6.65. The Bertz CT molecular complexity index is 674. The molecule has 1 aliphatic rings. The van der Waals surface area contributed by atoms with E-state index in [0.29, 0.717) is 19.8 Å². The molecule has 0 saturated carbocycles. The van der Waals surface area contributed by atoms with Gasteiger partial charge in [-0.3, -0.25) is 4.99 Å². The van der Waals surface area contributed by atoms with E-state index in [0.717, 1.165) is 42.5 Å². The van der Waals surface area contributed by atoms with Crippen molar-refractivity contribution >= 4 is 29.9 Å². The van der Waals surface area contributed by atoms with Gasteiger partial charge in [-0.15, -0.1) is 24.0 Å². The number of rotatable bonds is 5. The summed E-state index contributed by atoms with van der Waals surface area (Å²) in [6, 6.07) is 10.0. The Morgan fingerprint density at radius 3 is 2.72 bits per heavy atom. The van der Waals surface area contributed by atoms with E-state index in [1.807, 2.05) is 30.3 Å². The monoisotopic (exact) mass is 456 g/mol. The number of guanidine groups is 1. The van der Waals surface area contributed by atoms with Crippen molar-refractivity contribution in [2.45, 2.75) is 19.5 Å². The molecule has 0 atom stereocenters. The van der Waals surface area contributed by atoms with Gasteiger partial charge in [0.1, 0.15) is 0 Å². The average molecular weight is 456 g/mol. The summed E-state index contributed by atoms with van der Waals surface area (Å²) in [7, 11) is 1.77. The van der Waals surface area contributed by atoms with Crippen LogP contribution in [0.15, 0.2) is 47.7 Å². The maximum Gasteiger partial charge on any atom is 0.191 e. The van der Waals surface area contributed by atoms with Gasteiger partial charge in [0.25, 0.3) is 0 Å². The van der Waals surface area contributed by atoms with Gasteiger partial charge in [0.2, 0.25) is 0 Å². The molecule has 7 heteroatoms. The first-order valence-corrected chi connectivity index (χ1v) is 8.29. The molecule has 0 unspecified atom stereocenters. The highest BCUT2D eigenvalue weighted by Gasteiger charge is 2.14. The van der Waals surface area contributed by atoms with E-state index in [1.165, 1.54) is 0 Å². The van der Waals surface area contributed by atoms with E-state index < -0.39 is 0 Å². The molecule has 0 amide bonds. The van der Waals surface area contributed by atoms with Gasteiger partial charge in [-0.25, -0.2) is 0 Å². The van der Waals surface area contributed by atoms with Crippen LogP contribution in [0.1, 0.15) is 12.0 Å². The molecule has 2 heterocycles. The van der Waals surface area contributed by atoms with Gasteiger partial charge < -0.3 is 24.7 Å². The lowest BCUT2D eigenvalue weighted by Crippen LogP contribution is -2.38. The van der Waals surface area contributed by atoms with Gasteiger partial charge >= 0.3 is 0 Å². The fourth-order valence-electron chi connectivity index (χ4n) is 2.62. The third kappa shape index (κ3) is 5.55. The van der Waals surface area contributed by atoms with Crippen molar-refractivity contribution in [1.29, 1.82) is 0 Å². The summed E-state index contributed by atoms with van der Waals surface area (Å²) in [6.45, 7) is 3.72. The number of hydrogen-bond donors (Lipinski definition) is 2. The third-order valence-corrected chi connectivity index (χ3v) is 3.85. The number of aromatic nitrogens is 1. The van der Waals surface area contributed by atoms with Gasteiger partial charge in [-0.05, 0) is 18.2 Å². The molecule has 1 aliphatic heterocycles. The van der Waals surface area contributed by atoms with E-state index in [4.69, 9.17) is 9.47 Å². The zero-order valence-corrected chi connectivity index (χ0v) is 16.7. The number of nitrogens with zero attached hydrogens (tertiary/aromatic N) is 2.